The fourth-order valence-electron chi connectivity index (χ4n) is 6.01. The van der Waals surface area contributed by atoms with Gasteiger partial charge in [0.15, 0.2) is 0 Å². The molecule has 46 heavy (non-hydrogen) atoms. The number of carbonyl (C=O) groups is 2. The number of methoxy groups -OCH3 is 1. The molecule has 2 unspecified atom stereocenters. The molecule has 0 amide bonds. The van der Waals surface area contributed by atoms with E-state index in [4.69, 9.17) is 21.3 Å². The normalized spacial score (nSPS) is 15.1. The topological polar surface area (TPSA) is 116 Å². The van der Waals surface area contributed by atoms with Gasteiger partial charge in [0, 0.05) is 12.1 Å². The van der Waals surface area contributed by atoms with Crippen LogP contribution in [-0.2, 0) is 14.3 Å². The predicted octanol–water partition coefficient (Wildman–Crippen LogP) is 8.75. The molecule has 6 heteroatoms. The van der Waals surface area contributed by atoms with Crippen LogP contribution >= 0.6 is 0 Å². The second kappa shape index (κ2) is 15.4. The van der Waals surface area contributed by atoms with Gasteiger partial charge in [-0.15, -0.1) is 0 Å². The largest absolute Gasteiger partial charge is 0.481 e. The second-order valence-electron chi connectivity index (χ2n) is 12.5. The summed E-state index contributed by atoms with van der Waals surface area (Å²) in [5, 5.41) is 8.95. The second-order valence-corrected chi connectivity index (χ2v) is 12.5. The average molecular weight is 621 g/mol. The predicted molar refractivity (Wildman–Crippen MR) is 187 cm³/mol. The van der Waals surface area contributed by atoms with Crippen molar-refractivity contribution >= 4 is 11.9 Å². The summed E-state index contributed by atoms with van der Waals surface area (Å²) >= 11 is 0. The van der Waals surface area contributed by atoms with Gasteiger partial charge in [-0.3, -0.25) is 9.59 Å². The van der Waals surface area contributed by atoms with E-state index in [0.29, 0.717) is 11.8 Å². The number of hydrogen-bond acceptors (Lipinski definition) is 5. The molecule has 0 aliphatic heterocycles. The van der Waals surface area contributed by atoms with Gasteiger partial charge in [0.25, 0.3) is 0 Å². The van der Waals surface area contributed by atoms with E-state index in [1.807, 2.05) is 18.2 Å². The number of ether oxygens (including phenoxy) is 1. The van der Waals surface area contributed by atoms with Crippen molar-refractivity contribution in [3.63, 3.8) is 0 Å². The molecule has 0 heterocycles. The fraction of sp³-hybridized carbons (Fsp3) is 0.350. The van der Waals surface area contributed by atoms with E-state index in [-0.39, 0.29) is 32.3 Å². The highest BCUT2D eigenvalue weighted by atomic mass is 16.5. The Morgan fingerprint density at radius 2 is 1.11 bits per heavy atom. The summed E-state index contributed by atoms with van der Waals surface area (Å²) in [6, 6.07) is 28.5. The van der Waals surface area contributed by atoms with Gasteiger partial charge in [0.05, 0.1) is 20.0 Å². The number of aryl methyl sites for hydroxylation is 2. The van der Waals surface area contributed by atoms with Crippen molar-refractivity contribution in [3.05, 3.63) is 118 Å². The molecule has 0 bridgehead atoms. The van der Waals surface area contributed by atoms with Gasteiger partial charge < -0.3 is 21.3 Å². The summed E-state index contributed by atoms with van der Waals surface area (Å²) in [4.78, 5) is 22.4. The monoisotopic (exact) mass is 620 g/mol. The number of carboxylic acid groups (broad SMARTS) is 1. The highest BCUT2D eigenvalue weighted by molar-refractivity contribution is 5.75. The van der Waals surface area contributed by atoms with Crippen molar-refractivity contribution in [2.75, 3.05) is 7.11 Å². The summed E-state index contributed by atoms with van der Waals surface area (Å²) in [5.74, 6) is 0.160. The van der Waals surface area contributed by atoms with Gasteiger partial charge in [0.1, 0.15) is 0 Å². The lowest BCUT2D eigenvalue weighted by Crippen LogP contribution is -2.16. The number of carbonyl (C=O) groups excluding carboxylic acids is 1. The summed E-state index contributed by atoms with van der Waals surface area (Å²) < 4.78 is 4.73. The number of esters is 1. The Bertz CT molecular complexity index is 1670. The molecule has 0 saturated heterocycles. The zero-order valence-electron chi connectivity index (χ0n) is 26.5. The van der Waals surface area contributed by atoms with Crippen LogP contribution in [0, 0.1) is 13.8 Å². The van der Waals surface area contributed by atoms with Gasteiger partial charge in [0.2, 0.25) is 0 Å². The van der Waals surface area contributed by atoms with Gasteiger partial charge in [-0.2, -0.15) is 0 Å². The molecule has 4 aromatic rings. The van der Waals surface area contributed by atoms with Crippen LogP contribution in [0.2, 0.25) is 0 Å². The Morgan fingerprint density at radius 1 is 0.696 bits per heavy atom. The Kier molecular flexibility index (Phi) is 11.5. The quantitative estimate of drug-likeness (QED) is 0.153. The van der Waals surface area contributed by atoms with Crippen LogP contribution in [-0.4, -0.2) is 24.2 Å². The molecule has 4 aromatic carbocycles. The van der Waals surface area contributed by atoms with Crippen molar-refractivity contribution < 1.29 is 19.4 Å². The maximum atomic E-state index is 11.5. The Hall–Kier alpha value is -4.26. The van der Waals surface area contributed by atoms with Crippen molar-refractivity contribution in [1.82, 2.24) is 0 Å². The number of rotatable bonds is 10. The van der Waals surface area contributed by atoms with Crippen molar-refractivity contribution in [1.29, 1.82) is 0 Å². The van der Waals surface area contributed by atoms with Crippen LogP contribution < -0.4 is 11.5 Å². The summed E-state index contributed by atoms with van der Waals surface area (Å²) in [6.45, 7) is 4.24. The van der Waals surface area contributed by atoms with Gasteiger partial charge in [-0.1, -0.05) is 80.2 Å². The molecule has 5 N–H and O–H groups in total. The molecule has 2 aliphatic rings. The molecular formula is C40H48N2O4. The molecule has 0 spiro atoms. The Morgan fingerprint density at radius 3 is 1.48 bits per heavy atom. The lowest BCUT2D eigenvalue weighted by molar-refractivity contribution is -0.141. The smallest absolute Gasteiger partial charge is 0.307 e. The van der Waals surface area contributed by atoms with Crippen LogP contribution in [0.15, 0.2) is 84.9 Å². The molecule has 0 radical (unpaired) electrons. The number of nitrogens with two attached hydrogens (primary N) is 2. The molecule has 2 fully saturated rings. The van der Waals surface area contributed by atoms with E-state index < -0.39 is 12.0 Å². The molecule has 6 nitrogen and oxygen atoms in total. The lowest BCUT2D eigenvalue weighted by Gasteiger charge is -2.17. The minimum atomic E-state index is -0.865. The van der Waals surface area contributed by atoms with Gasteiger partial charge in [-0.25, -0.2) is 0 Å². The Labute approximate surface area is 273 Å². The highest BCUT2D eigenvalue weighted by Crippen LogP contribution is 2.46. The molecule has 2 saturated carbocycles. The molecule has 0 aromatic heterocycles. The van der Waals surface area contributed by atoms with Crippen molar-refractivity contribution in [3.8, 4) is 22.3 Å². The summed E-state index contributed by atoms with van der Waals surface area (Å²) in [6.07, 6.45) is 5.14. The summed E-state index contributed by atoms with van der Waals surface area (Å²) in [5.41, 5.74) is 24.3. The molecule has 2 aliphatic carbocycles. The number of aliphatic carboxylic acids is 1. The molecule has 6 rings (SSSR count). The number of benzene rings is 4. The molecular weight excluding hydrogens is 572 g/mol. The number of hydrogen-bond donors (Lipinski definition) is 3. The minimum Gasteiger partial charge on any atom is -0.481 e. The highest BCUT2D eigenvalue weighted by Gasteiger charge is 2.28. The first-order chi connectivity index (χ1) is 21.7. The van der Waals surface area contributed by atoms with Crippen LogP contribution in [0.4, 0.5) is 0 Å². The van der Waals surface area contributed by atoms with Crippen LogP contribution in [0.25, 0.3) is 22.3 Å². The van der Waals surface area contributed by atoms with Gasteiger partial charge in [-0.05, 0) is 119 Å². The molecule has 2 atom stereocenters. The zero-order chi connectivity index (χ0) is 32.1. The maximum Gasteiger partial charge on any atom is 0.307 e. The third kappa shape index (κ3) is 8.51. The SMILES string of the molecule is C.COC(=O)CC(N)c1ccc(C2CC2)c(-c2ccccc2C)c1.Cc1ccccc1-c1cc(C(N)CC(=O)O)ccc1C1CC1. The lowest BCUT2D eigenvalue weighted by atomic mass is 9.90. The first kappa shape index (κ1) is 34.6. The zero-order valence-corrected chi connectivity index (χ0v) is 26.5. The number of carboxylic acids is 1. The third-order valence-corrected chi connectivity index (χ3v) is 8.92. The third-order valence-electron chi connectivity index (χ3n) is 8.92. The van der Waals surface area contributed by atoms with Gasteiger partial charge >= 0.3 is 11.9 Å². The van der Waals surface area contributed by atoms with E-state index in [1.54, 1.807) is 0 Å². The van der Waals surface area contributed by atoms with Crippen LogP contribution in [0.1, 0.15) is 103 Å². The summed E-state index contributed by atoms with van der Waals surface area (Å²) in [7, 11) is 1.39. The first-order valence-corrected chi connectivity index (χ1v) is 15.9. The standard InChI is InChI=1S/C20H23NO2.C19H21NO2.CH4/c1-13-5-3-4-6-16(13)18-11-15(19(21)12-20(22)23-2)9-10-17(18)14-7-8-14;1-12-4-2-3-5-15(12)17-10-14(18(20)11-19(21)22)8-9-16(17)13-6-7-13;/h3-6,9-11,14,19H,7-8,12,21H2,1-2H3;2-5,8-10,13,18H,6-7,11,20H2,1H3,(H,21,22);1H4. The molecule has 242 valence electrons. The average Bonchev–Trinajstić information content (AvgIpc) is 3.95. The van der Waals surface area contributed by atoms with Crippen LogP contribution in [0.5, 0.6) is 0 Å². The minimum absolute atomic E-state index is 0. The maximum absolute atomic E-state index is 11.5. The first-order valence-electron chi connectivity index (χ1n) is 15.9. The van der Waals surface area contributed by atoms with E-state index >= 15 is 0 Å². The van der Waals surface area contributed by atoms with E-state index in [1.165, 1.54) is 77.3 Å². The van der Waals surface area contributed by atoms with Crippen molar-refractivity contribution in [2.24, 2.45) is 11.5 Å². The fourth-order valence-corrected chi connectivity index (χ4v) is 6.01. The Balaban J connectivity index is 0.000000205. The van der Waals surface area contributed by atoms with E-state index in [0.717, 1.165) is 11.1 Å². The van der Waals surface area contributed by atoms with E-state index in [2.05, 4.69) is 80.6 Å². The van der Waals surface area contributed by atoms with Crippen molar-refractivity contribution in [2.45, 2.75) is 83.7 Å². The van der Waals surface area contributed by atoms with E-state index in [9.17, 15) is 9.59 Å². The van der Waals surface area contributed by atoms with Crippen LogP contribution in [0.3, 0.4) is 0 Å².